The topological polar surface area (TPSA) is 105 Å². The van der Waals surface area contributed by atoms with E-state index in [9.17, 15) is 18.0 Å². The van der Waals surface area contributed by atoms with Crippen LogP contribution in [0.5, 0.6) is 5.75 Å². The van der Waals surface area contributed by atoms with Gasteiger partial charge >= 0.3 is 0 Å². The first kappa shape index (κ1) is 23.2. The van der Waals surface area contributed by atoms with Crippen LogP contribution in [0.3, 0.4) is 0 Å². The molecule has 30 heavy (non-hydrogen) atoms. The van der Waals surface area contributed by atoms with E-state index in [0.717, 1.165) is 16.1 Å². The molecule has 2 aromatic rings. The van der Waals surface area contributed by atoms with Crippen LogP contribution >= 0.6 is 0 Å². The molecule has 0 saturated heterocycles. The van der Waals surface area contributed by atoms with E-state index in [1.807, 2.05) is 12.1 Å². The van der Waals surface area contributed by atoms with Gasteiger partial charge in [-0.2, -0.15) is 0 Å². The molecule has 0 heterocycles. The van der Waals surface area contributed by atoms with E-state index in [1.54, 1.807) is 24.3 Å². The summed E-state index contributed by atoms with van der Waals surface area (Å²) in [5, 5.41) is 0. The largest absolute Gasteiger partial charge is 0.484 e. The second-order valence-corrected chi connectivity index (χ2v) is 9.83. The first-order valence-corrected chi connectivity index (χ1v) is 11.1. The van der Waals surface area contributed by atoms with Crippen LogP contribution in [0.4, 0.5) is 5.69 Å². The van der Waals surface area contributed by atoms with Gasteiger partial charge in [0, 0.05) is 7.05 Å². The van der Waals surface area contributed by atoms with Gasteiger partial charge in [0.25, 0.3) is 11.8 Å². The number of benzene rings is 2. The third-order valence-electron chi connectivity index (χ3n) is 4.39. The molecule has 9 heteroatoms. The van der Waals surface area contributed by atoms with Crippen LogP contribution in [-0.4, -0.2) is 40.1 Å². The maximum absolute atomic E-state index is 12.4. The van der Waals surface area contributed by atoms with E-state index in [1.165, 1.54) is 19.2 Å². The van der Waals surface area contributed by atoms with Crippen molar-refractivity contribution in [3.05, 3.63) is 59.7 Å². The molecule has 0 aliphatic carbocycles. The normalized spacial score (nSPS) is 11.5. The van der Waals surface area contributed by atoms with Gasteiger partial charge in [-0.3, -0.25) is 24.7 Å². The first-order valence-electron chi connectivity index (χ1n) is 9.25. The maximum atomic E-state index is 12.4. The fraction of sp³-hybridized carbons (Fsp3) is 0.333. The van der Waals surface area contributed by atoms with Crippen LogP contribution in [0.25, 0.3) is 0 Å². The Morgan fingerprint density at radius 3 is 2.17 bits per heavy atom. The number of hydrazine groups is 1. The first-order chi connectivity index (χ1) is 13.9. The highest BCUT2D eigenvalue weighted by atomic mass is 32.2. The molecule has 162 valence electrons. The van der Waals surface area contributed by atoms with E-state index >= 15 is 0 Å². The van der Waals surface area contributed by atoms with E-state index in [4.69, 9.17) is 4.74 Å². The number of amides is 2. The van der Waals surface area contributed by atoms with Crippen LogP contribution in [0, 0.1) is 0 Å². The number of anilines is 1. The number of carbonyl (C=O) groups is 2. The molecule has 0 aliphatic heterocycles. The zero-order chi connectivity index (χ0) is 22.5. The Kier molecular flexibility index (Phi) is 7.09. The van der Waals surface area contributed by atoms with Crippen molar-refractivity contribution < 1.29 is 22.7 Å². The Balaban J connectivity index is 1.93. The lowest BCUT2D eigenvalue weighted by Gasteiger charge is -2.20. The molecular weight excluding hydrogens is 406 g/mol. The molecule has 2 aromatic carbocycles. The number of carbonyl (C=O) groups excluding carboxylic acids is 2. The molecule has 0 fully saturated rings. The Bertz CT molecular complexity index is 1010. The molecule has 0 unspecified atom stereocenters. The Morgan fingerprint density at radius 2 is 1.60 bits per heavy atom. The summed E-state index contributed by atoms with van der Waals surface area (Å²) in [4.78, 5) is 24.4. The summed E-state index contributed by atoms with van der Waals surface area (Å²) in [7, 11) is -2.20. The maximum Gasteiger partial charge on any atom is 0.276 e. The van der Waals surface area contributed by atoms with Crippen molar-refractivity contribution in [1.82, 2.24) is 10.9 Å². The number of para-hydroxylation sites is 1. The summed E-state index contributed by atoms with van der Waals surface area (Å²) in [5.74, 6) is -0.675. The third-order valence-corrected chi connectivity index (χ3v) is 5.58. The third kappa shape index (κ3) is 6.21. The lowest BCUT2D eigenvalue weighted by molar-refractivity contribution is -0.123. The van der Waals surface area contributed by atoms with Gasteiger partial charge in [-0.1, -0.05) is 45.0 Å². The molecule has 8 nitrogen and oxygen atoms in total. The predicted molar refractivity (Wildman–Crippen MR) is 116 cm³/mol. The van der Waals surface area contributed by atoms with Crippen LogP contribution in [0.15, 0.2) is 48.5 Å². The van der Waals surface area contributed by atoms with Gasteiger partial charge in [-0.15, -0.1) is 0 Å². The van der Waals surface area contributed by atoms with Crippen molar-refractivity contribution in [2.75, 3.05) is 24.2 Å². The number of sulfonamides is 1. The Morgan fingerprint density at radius 1 is 1.00 bits per heavy atom. The van der Waals surface area contributed by atoms with Crippen LogP contribution < -0.4 is 19.9 Å². The fourth-order valence-electron chi connectivity index (χ4n) is 2.55. The Hall–Kier alpha value is -3.07. The van der Waals surface area contributed by atoms with Crippen molar-refractivity contribution in [2.45, 2.75) is 26.2 Å². The van der Waals surface area contributed by atoms with Gasteiger partial charge in [-0.25, -0.2) is 8.42 Å². The lowest BCUT2D eigenvalue weighted by atomic mass is 9.87. The van der Waals surface area contributed by atoms with Crippen molar-refractivity contribution in [1.29, 1.82) is 0 Å². The standard InChI is InChI=1S/C21H27N3O5S/c1-21(2,3)15-10-12-16(13-11-15)29-14-19(25)22-23-20(26)17-8-6-7-9-18(17)24(4)30(5,27)28/h6-13H,14H2,1-5H3,(H,22,25)(H,23,26). The second-order valence-electron chi connectivity index (χ2n) is 7.81. The highest BCUT2D eigenvalue weighted by molar-refractivity contribution is 7.92. The Labute approximate surface area is 177 Å². The molecular formula is C21H27N3O5S. The average molecular weight is 434 g/mol. The van der Waals surface area contributed by atoms with Gasteiger partial charge in [0.05, 0.1) is 17.5 Å². The van der Waals surface area contributed by atoms with Crippen LogP contribution in [-0.2, 0) is 20.2 Å². The minimum atomic E-state index is -3.55. The quantitative estimate of drug-likeness (QED) is 0.680. The molecule has 2 N–H and O–H groups in total. The minimum Gasteiger partial charge on any atom is -0.484 e. The fourth-order valence-corrected chi connectivity index (χ4v) is 3.07. The van der Waals surface area contributed by atoms with Gasteiger partial charge in [0.2, 0.25) is 10.0 Å². The van der Waals surface area contributed by atoms with E-state index in [-0.39, 0.29) is 23.3 Å². The monoisotopic (exact) mass is 433 g/mol. The molecule has 0 aliphatic rings. The molecule has 0 atom stereocenters. The van der Waals surface area contributed by atoms with Crippen LogP contribution in [0.1, 0.15) is 36.7 Å². The number of hydrogen-bond donors (Lipinski definition) is 2. The highest BCUT2D eigenvalue weighted by Gasteiger charge is 2.20. The summed E-state index contributed by atoms with van der Waals surface area (Å²) < 4.78 is 30.0. The van der Waals surface area contributed by atoms with Crippen molar-refractivity contribution >= 4 is 27.5 Å². The number of ether oxygens (including phenoxy) is 1. The number of hydrogen-bond acceptors (Lipinski definition) is 5. The zero-order valence-electron chi connectivity index (χ0n) is 17.7. The molecule has 0 aromatic heterocycles. The van der Waals surface area contributed by atoms with Gasteiger partial charge < -0.3 is 4.74 Å². The summed E-state index contributed by atoms with van der Waals surface area (Å²) in [6, 6.07) is 13.6. The molecule has 2 rings (SSSR count). The van der Waals surface area contributed by atoms with Crippen molar-refractivity contribution in [3.8, 4) is 5.75 Å². The number of nitrogens with zero attached hydrogens (tertiary/aromatic N) is 1. The van der Waals surface area contributed by atoms with E-state index in [2.05, 4.69) is 31.6 Å². The minimum absolute atomic E-state index is 0.0155. The summed E-state index contributed by atoms with van der Waals surface area (Å²) >= 11 is 0. The molecule has 0 saturated carbocycles. The van der Waals surface area contributed by atoms with Gasteiger partial charge in [-0.05, 0) is 35.2 Å². The molecule has 0 bridgehead atoms. The molecule has 2 amide bonds. The number of nitrogens with one attached hydrogen (secondary N) is 2. The SMILES string of the molecule is CN(c1ccccc1C(=O)NNC(=O)COc1ccc(C(C)(C)C)cc1)S(C)(=O)=O. The zero-order valence-corrected chi connectivity index (χ0v) is 18.5. The summed E-state index contributed by atoms with van der Waals surface area (Å²) in [6.07, 6.45) is 1.04. The van der Waals surface area contributed by atoms with Gasteiger partial charge in [0.15, 0.2) is 6.61 Å². The summed E-state index contributed by atoms with van der Waals surface area (Å²) in [5.41, 5.74) is 5.99. The van der Waals surface area contributed by atoms with Gasteiger partial charge in [0.1, 0.15) is 5.75 Å². The number of rotatable bonds is 6. The van der Waals surface area contributed by atoms with Crippen LogP contribution in [0.2, 0.25) is 0 Å². The smallest absolute Gasteiger partial charge is 0.276 e. The molecule has 0 spiro atoms. The predicted octanol–water partition coefficient (Wildman–Crippen LogP) is 2.22. The highest BCUT2D eigenvalue weighted by Crippen LogP contribution is 2.24. The second kappa shape index (κ2) is 9.17. The lowest BCUT2D eigenvalue weighted by Crippen LogP contribution is -2.44. The molecule has 0 radical (unpaired) electrons. The van der Waals surface area contributed by atoms with Crippen molar-refractivity contribution in [2.24, 2.45) is 0 Å². The average Bonchev–Trinajstić information content (AvgIpc) is 2.68. The van der Waals surface area contributed by atoms with E-state index in [0.29, 0.717) is 5.75 Å². The van der Waals surface area contributed by atoms with E-state index < -0.39 is 21.8 Å². The summed E-state index contributed by atoms with van der Waals surface area (Å²) in [6.45, 7) is 6.01. The van der Waals surface area contributed by atoms with Crippen molar-refractivity contribution in [3.63, 3.8) is 0 Å².